The topological polar surface area (TPSA) is 28.2 Å². The summed E-state index contributed by atoms with van der Waals surface area (Å²) in [6.07, 6.45) is 6.28. The molecule has 2 rings (SSSR count). The van der Waals surface area contributed by atoms with Crippen molar-refractivity contribution in [3.05, 3.63) is 30.1 Å². The third kappa shape index (κ3) is 4.73. The molecule has 18 heavy (non-hydrogen) atoms. The predicted molar refractivity (Wildman–Crippen MR) is 80.8 cm³/mol. The Kier molecular flexibility index (Phi) is 9.38. The average molecular weight is 292 g/mol. The number of hydrogen-bond donors (Lipinski definition) is 1. The monoisotopic (exact) mass is 291 g/mol. The molecular weight excluding hydrogens is 269 g/mol. The van der Waals surface area contributed by atoms with Gasteiger partial charge in [0, 0.05) is 44.6 Å². The van der Waals surface area contributed by atoms with Crippen molar-refractivity contribution in [2.75, 3.05) is 26.2 Å². The molecule has 1 aromatic heterocycles. The van der Waals surface area contributed by atoms with Crippen LogP contribution in [0.25, 0.3) is 0 Å². The molecule has 0 unspecified atom stereocenters. The zero-order valence-corrected chi connectivity index (χ0v) is 12.5. The van der Waals surface area contributed by atoms with Gasteiger partial charge in [-0.2, -0.15) is 0 Å². The summed E-state index contributed by atoms with van der Waals surface area (Å²) < 4.78 is 0. The fraction of sp³-hybridized carbons (Fsp3) is 0.615. The van der Waals surface area contributed by atoms with Gasteiger partial charge in [0.1, 0.15) is 0 Å². The summed E-state index contributed by atoms with van der Waals surface area (Å²) in [7, 11) is 0. The highest BCUT2D eigenvalue weighted by atomic mass is 35.5. The van der Waals surface area contributed by atoms with E-state index < -0.39 is 0 Å². The Morgan fingerprint density at radius 2 is 1.83 bits per heavy atom. The molecule has 1 atom stereocenters. The van der Waals surface area contributed by atoms with Crippen LogP contribution in [0, 0.1) is 0 Å². The largest absolute Gasteiger partial charge is 0.314 e. The number of piperazine rings is 1. The van der Waals surface area contributed by atoms with E-state index in [1.807, 2.05) is 12.4 Å². The van der Waals surface area contributed by atoms with Gasteiger partial charge in [-0.25, -0.2) is 0 Å². The van der Waals surface area contributed by atoms with Crippen molar-refractivity contribution in [2.45, 2.75) is 25.8 Å². The highest BCUT2D eigenvalue weighted by Gasteiger charge is 2.20. The van der Waals surface area contributed by atoms with E-state index >= 15 is 0 Å². The Labute approximate surface area is 122 Å². The first-order valence-corrected chi connectivity index (χ1v) is 6.26. The SMILES string of the molecule is CCC[C@H](c1ccncc1)N1CCNCC1.Cl.Cl. The number of hydrogen-bond acceptors (Lipinski definition) is 3. The molecule has 0 radical (unpaired) electrons. The van der Waals surface area contributed by atoms with Crippen LogP contribution < -0.4 is 5.32 Å². The summed E-state index contributed by atoms with van der Waals surface area (Å²) in [4.78, 5) is 6.69. The van der Waals surface area contributed by atoms with Crippen LogP contribution in [-0.4, -0.2) is 36.1 Å². The smallest absolute Gasteiger partial charge is 0.0350 e. The van der Waals surface area contributed by atoms with Crippen molar-refractivity contribution < 1.29 is 0 Å². The van der Waals surface area contributed by atoms with Gasteiger partial charge in [0.25, 0.3) is 0 Å². The van der Waals surface area contributed by atoms with Crippen LogP contribution in [0.3, 0.4) is 0 Å². The molecule has 0 spiro atoms. The second kappa shape index (κ2) is 9.56. The summed E-state index contributed by atoms with van der Waals surface area (Å²) in [6, 6.07) is 4.89. The highest BCUT2D eigenvalue weighted by Crippen LogP contribution is 2.25. The number of rotatable bonds is 4. The molecule has 5 heteroatoms. The van der Waals surface area contributed by atoms with E-state index in [0.29, 0.717) is 6.04 Å². The first-order valence-electron chi connectivity index (χ1n) is 6.26. The second-order valence-corrected chi connectivity index (χ2v) is 4.37. The van der Waals surface area contributed by atoms with Crippen LogP contribution in [0.15, 0.2) is 24.5 Å². The number of pyridine rings is 1. The fourth-order valence-corrected chi connectivity index (χ4v) is 2.41. The van der Waals surface area contributed by atoms with Crippen LogP contribution >= 0.6 is 24.8 Å². The molecular formula is C13H23Cl2N3. The molecule has 0 aliphatic carbocycles. The average Bonchev–Trinajstić information content (AvgIpc) is 2.38. The van der Waals surface area contributed by atoms with Crippen LogP contribution in [0.2, 0.25) is 0 Å². The summed E-state index contributed by atoms with van der Waals surface area (Å²) in [5.41, 5.74) is 1.42. The molecule has 1 aromatic rings. The zero-order chi connectivity index (χ0) is 11.2. The van der Waals surface area contributed by atoms with Gasteiger partial charge in [-0.15, -0.1) is 24.8 Å². The van der Waals surface area contributed by atoms with Gasteiger partial charge in [0.2, 0.25) is 0 Å². The molecule has 3 nitrogen and oxygen atoms in total. The standard InChI is InChI=1S/C13H21N3.2ClH/c1-2-3-13(12-4-6-14-7-5-12)16-10-8-15-9-11-16;;/h4-7,13,15H,2-3,8-11H2,1H3;2*1H/t13-;;/m1../s1. The Hall–Kier alpha value is -0.350. The van der Waals surface area contributed by atoms with E-state index in [1.165, 1.54) is 18.4 Å². The molecule has 0 saturated carbocycles. The molecule has 1 N–H and O–H groups in total. The number of halogens is 2. The minimum Gasteiger partial charge on any atom is -0.314 e. The van der Waals surface area contributed by atoms with Crippen molar-refractivity contribution in [3.8, 4) is 0 Å². The maximum Gasteiger partial charge on any atom is 0.0350 e. The van der Waals surface area contributed by atoms with Gasteiger partial charge in [-0.05, 0) is 24.1 Å². The summed E-state index contributed by atoms with van der Waals surface area (Å²) >= 11 is 0. The van der Waals surface area contributed by atoms with Gasteiger partial charge in [-0.3, -0.25) is 9.88 Å². The van der Waals surface area contributed by atoms with E-state index in [2.05, 4.69) is 34.3 Å². The van der Waals surface area contributed by atoms with Crippen molar-refractivity contribution in [2.24, 2.45) is 0 Å². The normalized spacial score (nSPS) is 17.4. The second-order valence-electron chi connectivity index (χ2n) is 4.37. The van der Waals surface area contributed by atoms with E-state index in [1.54, 1.807) is 0 Å². The van der Waals surface area contributed by atoms with Gasteiger partial charge in [0.15, 0.2) is 0 Å². The maximum absolute atomic E-state index is 4.10. The first-order chi connectivity index (χ1) is 7.92. The van der Waals surface area contributed by atoms with Crippen molar-refractivity contribution in [1.29, 1.82) is 0 Å². The minimum atomic E-state index is 0. The van der Waals surface area contributed by atoms with Crippen molar-refractivity contribution in [1.82, 2.24) is 15.2 Å². The Morgan fingerprint density at radius 1 is 1.22 bits per heavy atom. The lowest BCUT2D eigenvalue weighted by atomic mass is 10.0. The summed E-state index contributed by atoms with van der Waals surface area (Å²) in [5.74, 6) is 0. The Morgan fingerprint density at radius 3 is 2.39 bits per heavy atom. The van der Waals surface area contributed by atoms with E-state index in [4.69, 9.17) is 0 Å². The lowest BCUT2D eigenvalue weighted by molar-refractivity contribution is 0.164. The summed E-state index contributed by atoms with van der Waals surface area (Å²) in [5, 5.41) is 3.41. The van der Waals surface area contributed by atoms with E-state index in [-0.39, 0.29) is 24.8 Å². The molecule has 0 bridgehead atoms. The van der Waals surface area contributed by atoms with Gasteiger partial charge in [0.05, 0.1) is 0 Å². The minimum absolute atomic E-state index is 0. The fourth-order valence-electron chi connectivity index (χ4n) is 2.41. The third-order valence-electron chi connectivity index (χ3n) is 3.25. The number of nitrogens with one attached hydrogen (secondary N) is 1. The van der Waals surface area contributed by atoms with Crippen LogP contribution in [-0.2, 0) is 0 Å². The highest BCUT2D eigenvalue weighted by molar-refractivity contribution is 5.85. The zero-order valence-electron chi connectivity index (χ0n) is 10.8. The summed E-state index contributed by atoms with van der Waals surface area (Å²) in [6.45, 7) is 6.81. The quantitative estimate of drug-likeness (QED) is 0.925. The lowest BCUT2D eigenvalue weighted by Crippen LogP contribution is -2.45. The molecule has 0 amide bonds. The van der Waals surface area contributed by atoms with E-state index in [9.17, 15) is 0 Å². The molecule has 2 heterocycles. The number of aromatic nitrogens is 1. The molecule has 1 saturated heterocycles. The predicted octanol–water partition coefficient (Wildman–Crippen LogP) is 2.67. The van der Waals surface area contributed by atoms with Crippen molar-refractivity contribution in [3.63, 3.8) is 0 Å². The molecule has 1 aliphatic heterocycles. The Bertz CT molecular complexity index is 302. The molecule has 104 valence electrons. The van der Waals surface area contributed by atoms with Crippen molar-refractivity contribution >= 4 is 24.8 Å². The molecule has 0 aromatic carbocycles. The van der Waals surface area contributed by atoms with Crippen LogP contribution in [0.4, 0.5) is 0 Å². The van der Waals surface area contributed by atoms with Crippen LogP contribution in [0.1, 0.15) is 31.4 Å². The lowest BCUT2D eigenvalue weighted by Gasteiger charge is -2.35. The molecule has 1 fully saturated rings. The van der Waals surface area contributed by atoms with Crippen LogP contribution in [0.5, 0.6) is 0 Å². The van der Waals surface area contributed by atoms with E-state index in [0.717, 1.165) is 26.2 Å². The molecule has 1 aliphatic rings. The first kappa shape index (κ1) is 17.6. The number of nitrogens with zero attached hydrogens (tertiary/aromatic N) is 2. The van der Waals surface area contributed by atoms with Gasteiger partial charge in [-0.1, -0.05) is 13.3 Å². The Balaban J connectivity index is 0.00000144. The maximum atomic E-state index is 4.10. The third-order valence-corrected chi connectivity index (χ3v) is 3.25. The van der Waals surface area contributed by atoms with Gasteiger partial charge >= 0.3 is 0 Å². The van der Waals surface area contributed by atoms with Gasteiger partial charge < -0.3 is 5.32 Å².